The van der Waals surface area contributed by atoms with Gasteiger partial charge in [-0.2, -0.15) is 8.78 Å². The number of nitrogens with zero attached hydrogens (tertiary/aromatic N) is 2. The van der Waals surface area contributed by atoms with Gasteiger partial charge in [0, 0.05) is 23.1 Å². The van der Waals surface area contributed by atoms with E-state index >= 15 is 0 Å². The molecule has 0 radical (unpaired) electrons. The van der Waals surface area contributed by atoms with Crippen molar-refractivity contribution in [3.05, 3.63) is 53.3 Å². The zero-order valence-electron chi connectivity index (χ0n) is 18.4. The number of aromatic nitrogens is 2. The van der Waals surface area contributed by atoms with Crippen molar-refractivity contribution in [3.8, 4) is 11.5 Å². The first-order chi connectivity index (χ1) is 15.8. The quantitative estimate of drug-likeness (QED) is 0.599. The number of aryl methyl sites for hydroxylation is 1. The molecular weight excluding hydrogens is 432 g/mol. The lowest BCUT2D eigenvalue weighted by atomic mass is 9.88. The average molecular weight is 457 g/mol. The van der Waals surface area contributed by atoms with Gasteiger partial charge in [-0.25, -0.2) is 9.97 Å². The van der Waals surface area contributed by atoms with Crippen LogP contribution < -0.4 is 14.8 Å². The Kier molecular flexibility index (Phi) is 5.33. The van der Waals surface area contributed by atoms with Gasteiger partial charge in [0.25, 0.3) is 5.92 Å². The van der Waals surface area contributed by atoms with Crippen molar-refractivity contribution in [1.29, 1.82) is 0 Å². The number of hydrogen-bond donors (Lipinski definition) is 2. The van der Waals surface area contributed by atoms with Gasteiger partial charge in [-0.3, -0.25) is 0 Å². The fourth-order valence-electron chi connectivity index (χ4n) is 4.06. The van der Waals surface area contributed by atoms with E-state index in [4.69, 9.17) is 19.3 Å². The van der Waals surface area contributed by atoms with Gasteiger partial charge in [-0.1, -0.05) is 18.2 Å². The number of anilines is 1. The van der Waals surface area contributed by atoms with Gasteiger partial charge in [-0.05, 0) is 31.5 Å². The van der Waals surface area contributed by atoms with E-state index in [2.05, 4.69) is 15.3 Å². The highest BCUT2D eigenvalue weighted by molar-refractivity contribution is 5.92. The second kappa shape index (κ2) is 8.07. The van der Waals surface area contributed by atoms with E-state index in [1.165, 1.54) is 12.1 Å². The molecule has 2 N–H and O–H groups in total. The van der Waals surface area contributed by atoms with Gasteiger partial charge < -0.3 is 24.6 Å². The molecular formula is C24H25F2N3O4. The van der Waals surface area contributed by atoms with Crippen LogP contribution in [0, 0.1) is 12.3 Å². The van der Waals surface area contributed by atoms with E-state index in [0.717, 1.165) is 5.39 Å². The molecule has 1 saturated heterocycles. The highest BCUT2D eigenvalue weighted by Gasteiger charge is 2.42. The van der Waals surface area contributed by atoms with Crippen LogP contribution in [-0.2, 0) is 10.7 Å². The number of alkyl halides is 2. The summed E-state index contributed by atoms with van der Waals surface area (Å²) in [7, 11) is 0. The predicted molar refractivity (Wildman–Crippen MR) is 118 cm³/mol. The van der Waals surface area contributed by atoms with Crippen LogP contribution in [0.25, 0.3) is 10.9 Å². The van der Waals surface area contributed by atoms with Crippen molar-refractivity contribution in [1.82, 2.24) is 9.97 Å². The Morgan fingerprint density at radius 1 is 1.09 bits per heavy atom. The van der Waals surface area contributed by atoms with Crippen LogP contribution in [0.1, 0.15) is 29.9 Å². The van der Waals surface area contributed by atoms with Gasteiger partial charge in [0.1, 0.15) is 31.5 Å². The molecule has 174 valence electrons. The van der Waals surface area contributed by atoms with Gasteiger partial charge in [0.05, 0.1) is 24.1 Å². The normalized spacial score (nSPS) is 18.0. The number of fused-ring (bicyclic) bond motifs is 2. The maximum atomic E-state index is 14.0. The largest absolute Gasteiger partial charge is 0.489 e. The highest BCUT2D eigenvalue weighted by Crippen LogP contribution is 2.41. The Morgan fingerprint density at radius 2 is 1.82 bits per heavy atom. The second-order valence-electron chi connectivity index (χ2n) is 8.86. The van der Waals surface area contributed by atoms with Crippen LogP contribution in [0.4, 0.5) is 14.6 Å². The molecule has 1 aromatic heterocycles. The molecule has 3 heterocycles. The molecule has 5 rings (SSSR count). The number of hydrogen-bond acceptors (Lipinski definition) is 7. The standard InChI is InChI=1S/C24H25F2N3O4/c1-14(16-4-3-5-17(6-16)24(25,26)9-30)27-22-18-7-20-21(8-19(18)28-15(2)29-22)33-13-23(12-32-20)10-31-11-23/h3-8,14,30H,9-13H2,1-2H3,(H,27,28,29)/t14-/m1/s1. The molecule has 1 atom stereocenters. The van der Waals surface area contributed by atoms with Crippen molar-refractivity contribution in [3.63, 3.8) is 0 Å². The number of nitrogens with one attached hydrogen (secondary N) is 1. The smallest absolute Gasteiger partial charge is 0.295 e. The maximum Gasteiger partial charge on any atom is 0.295 e. The summed E-state index contributed by atoms with van der Waals surface area (Å²) >= 11 is 0. The third-order valence-electron chi connectivity index (χ3n) is 6.12. The van der Waals surface area contributed by atoms with Crippen molar-refractivity contribution >= 4 is 16.7 Å². The molecule has 33 heavy (non-hydrogen) atoms. The fraction of sp³-hybridized carbons (Fsp3) is 0.417. The first-order valence-electron chi connectivity index (χ1n) is 10.8. The third kappa shape index (κ3) is 4.06. The van der Waals surface area contributed by atoms with E-state index in [1.807, 2.05) is 19.1 Å². The monoisotopic (exact) mass is 457 g/mol. The summed E-state index contributed by atoms with van der Waals surface area (Å²) in [5.41, 5.74) is 0.987. The lowest BCUT2D eigenvalue weighted by molar-refractivity contribution is -0.143. The van der Waals surface area contributed by atoms with Crippen LogP contribution >= 0.6 is 0 Å². The molecule has 0 unspecified atom stereocenters. The molecule has 3 aromatic rings. The van der Waals surface area contributed by atoms with Gasteiger partial charge in [0.2, 0.25) is 0 Å². The van der Waals surface area contributed by atoms with Crippen LogP contribution in [0.5, 0.6) is 11.5 Å². The summed E-state index contributed by atoms with van der Waals surface area (Å²) in [6.45, 7) is 4.66. The maximum absolute atomic E-state index is 14.0. The predicted octanol–water partition coefficient (Wildman–Crippen LogP) is 3.98. The fourth-order valence-corrected chi connectivity index (χ4v) is 4.06. The van der Waals surface area contributed by atoms with Crippen LogP contribution in [-0.4, -0.2) is 48.1 Å². The summed E-state index contributed by atoms with van der Waals surface area (Å²) < 4.78 is 45.4. The average Bonchev–Trinajstić information content (AvgIpc) is 2.97. The summed E-state index contributed by atoms with van der Waals surface area (Å²) in [5.74, 6) is -0.926. The van der Waals surface area contributed by atoms with Crippen LogP contribution in [0.2, 0.25) is 0 Å². The summed E-state index contributed by atoms with van der Waals surface area (Å²) in [4.78, 5) is 9.10. The van der Waals surface area contributed by atoms with Crippen LogP contribution in [0.15, 0.2) is 36.4 Å². The number of ether oxygens (including phenoxy) is 3. The Bertz CT molecular complexity index is 1200. The zero-order valence-corrected chi connectivity index (χ0v) is 18.4. The first kappa shape index (κ1) is 21.8. The number of halogens is 2. The van der Waals surface area contributed by atoms with Crippen molar-refractivity contribution in [2.24, 2.45) is 5.41 Å². The summed E-state index contributed by atoms with van der Waals surface area (Å²) in [6, 6.07) is 9.39. The van der Waals surface area contributed by atoms with Gasteiger partial charge >= 0.3 is 0 Å². The first-order valence-corrected chi connectivity index (χ1v) is 10.8. The SMILES string of the molecule is Cc1nc(N[C@H](C)c2cccc(C(F)(F)CO)c2)c2cc3c(cc2n1)OCC1(COC1)CO3. The Balaban J connectivity index is 1.47. The summed E-state index contributed by atoms with van der Waals surface area (Å²) in [5, 5.41) is 13.1. The molecule has 0 aliphatic carbocycles. The van der Waals surface area contributed by atoms with E-state index < -0.39 is 12.5 Å². The van der Waals surface area contributed by atoms with Gasteiger partial charge in [0.15, 0.2) is 11.5 Å². The molecule has 0 bridgehead atoms. The molecule has 7 nitrogen and oxygen atoms in total. The Hall–Kier alpha value is -3.04. The molecule has 2 aliphatic heterocycles. The Labute approximate surface area is 189 Å². The minimum Gasteiger partial charge on any atom is -0.489 e. The summed E-state index contributed by atoms with van der Waals surface area (Å²) in [6.07, 6.45) is 0. The molecule has 2 aliphatic rings. The van der Waals surface area contributed by atoms with E-state index in [-0.39, 0.29) is 17.0 Å². The van der Waals surface area contributed by atoms with E-state index in [0.29, 0.717) is 60.6 Å². The molecule has 1 spiro atoms. The zero-order chi connectivity index (χ0) is 23.2. The van der Waals surface area contributed by atoms with Crippen molar-refractivity contribution < 1.29 is 28.1 Å². The third-order valence-corrected chi connectivity index (χ3v) is 6.12. The minimum atomic E-state index is -3.30. The van der Waals surface area contributed by atoms with E-state index in [9.17, 15) is 8.78 Å². The lowest BCUT2D eigenvalue weighted by Gasteiger charge is -2.38. The molecule has 2 aromatic carbocycles. The second-order valence-corrected chi connectivity index (χ2v) is 8.86. The van der Waals surface area contributed by atoms with Gasteiger partial charge in [-0.15, -0.1) is 0 Å². The molecule has 1 fully saturated rings. The topological polar surface area (TPSA) is 85.7 Å². The minimum absolute atomic E-state index is 0.121. The molecule has 9 heteroatoms. The number of benzene rings is 2. The molecule has 0 amide bonds. The number of rotatable bonds is 5. The van der Waals surface area contributed by atoms with E-state index in [1.54, 1.807) is 19.1 Å². The Morgan fingerprint density at radius 3 is 2.48 bits per heavy atom. The highest BCUT2D eigenvalue weighted by atomic mass is 19.3. The lowest BCUT2D eigenvalue weighted by Crippen LogP contribution is -2.50. The van der Waals surface area contributed by atoms with Crippen LogP contribution in [0.3, 0.4) is 0 Å². The van der Waals surface area contributed by atoms with Crippen molar-refractivity contribution in [2.45, 2.75) is 25.8 Å². The number of aliphatic hydroxyl groups is 1. The molecule has 0 saturated carbocycles. The van der Waals surface area contributed by atoms with Crippen molar-refractivity contribution in [2.75, 3.05) is 38.4 Å². The number of aliphatic hydroxyl groups excluding tert-OH is 1.